The molecule has 0 aliphatic carbocycles. The number of hydrogen-bond donors (Lipinski definition) is 0. The second-order valence-corrected chi connectivity index (χ2v) is 8.23. The Kier molecular flexibility index (Phi) is 4.49. The van der Waals surface area contributed by atoms with Crippen LogP contribution in [0.1, 0.15) is 16.1 Å². The number of carbonyl (C=O) groups excluding carboxylic acids is 1. The van der Waals surface area contributed by atoms with E-state index in [9.17, 15) is 9.18 Å². The Morgan fingerprint density at radius 1 is 1.03 bits per heavy atom. The molecule has 5 nitrogen and oxygen atoms in total. The lowest BCUT2D eigenvalue weighted by Crippen LogP contribution is -2.30. The maximum absolute atomic E-state index is 14.2. The smallest absolute Gasteiger partial charge is 0.260 e. The minimum Gasteiger partial charge on any atom is -0.278 e. The predicted molar refractivity (Wildman–Crippen MR) is 114 cm³/mol. The number of nitrogens with zero attached hydrogens (tertiary/aromatic N) is 4. The SMILES string of the molecule is O=C(c1ccc2ncsc2c1)N(Cc1ccccn1)c1nc2c(F)cccc2s1. The van der Waals surface area contributed by atoms with E-state index in [2.05, 4.69) is 15.0 Å². The number of pyridine rings is 1. The number of anilines is 1. The molecule has 5 aromatic rings. The molecule has 0 aliphatic heterocycles. The van der Waals surface area contributed by atoms with Crippen LogP contribution in [0.2, 0.25) is 0 Å². The summed E-state index contributed by atoms with van der Waals surface area (Å²) in [5, 5.41) is 0.435. The van der Waals surface area contributed by atoms with Gasteiger partial charge >= 0.3 is 0 Å². The lowest BCUT2D eigenvalue weighted by Gasteiger charge is -2.19. The highest BCUT2D eigenvalue weighted by Gasteiger charge is 2.23. The maximum Gasteiger partial charge on any atom is 0.260 e. The summed E-state index contributed by atoms with van der Waals surface area (Å²) in [6.45, 7) is 0.238. The van der Waals surface area contributed by atoms with Gasteiger partial charge in [0.05, 0.1) is 32.7 Å². The van der Waals surface area contributed by atoms with Gasteiger partial charge in [0, 0.05) is 11.8 Å². The van der Waals surface area contributed by atoms with Gasteiger partial charge < -0.3 is 0 Å². The largest absolute Gasteiger partial charge is 0.278 e. The van der Waals surface area contributed by atoms with E-state index in [4.69, 9.17) is 0 Å². The molecular formula is C21H13FN4OS2. The molecule has 142 valence electrons. The van der Waals surface area contributed by atoms with E-state index in [0.717, 1.165) is 15.9 Å². The number of carbonyl (C=O) groups is 1. The minimum absolute atomic E-state index is 0.217. The summed E-state index contributed by atoms with van der Waals surface area (Å²) in [7, 11) is 0. The van der Waals surface area contributed by atoms with Gasteiger partial charge in [0.25, 0.3) is 5.91 Å². The summed E-state index contributed by atoms with van der Waals surface area (Å²) in [6.07, 6.45) is 1.68. The Bertz CT molecular complexity index is 1330. The molecule has 0 aliphatic rings. The lowest BCUT2D eigenvalue weighted by molar-refractivity contribution is 0.0985. The number of halogens is 1. The van der Waals surface area contributed by atoms with Crippen LogP contribution < -0.4 is 4.90 Å². The highest BCUT2D eigenvalue weighted by atomic mass is 32.1. The van der Waals surface area contributed by atoms with E-state index in [0.29, 0.717) is 15.4 Å². The van der Waals surface area contributed by atoms with Crippen LogP contribution in [0, 0.1) is 5.82 Å². The molecule has 5 rings (SSSR count). The topological polar surface area (TPSA) is 59.0 Å². The van der Waals surface area contributed by atoms with Crippen LogP contribution in [0.5, 0.6) is 0 Å². The second-order valence-electron chi connectivity index (χ2n) is 6.33. The van der Waals surface area contributed by atoms with Crippen molar-refractivity contribution in [1.29, 1.82) is 0 Å². The quantitative estimate of drug-likeness (QED) is 0.397. The molecule has 0 atom stereocenters. The van der Waals surface area contributed by atoms with E-state index in [1.165, 1.54) is 28.7 Å². The van der Waals surface area contributed by atoms with E-state index in [1.54, 1.807) is 34.8 Å². The Labute approximate surface area is 173 Å². The van der Waals surface area contributed by atoms with Gasteiger partial charge in [-0.2, -0.15) is 0 Å². The molecule has 3 heterocycles. The van der Waals surface area contributed by atoms with Crippen LogP contribution in [0.25, 0.3) is 20.4 Å². The van der Waals surface area contributed by atoms with Crippen molar-refractivity contribution in [3.8, 4) is 0 Å². The van der Waals surface area contributed by atoms with Crippen molar-refractivity contribution in [1.82, 2.24) is 15.0 Å². The van der Waals surface area contributed by atoms with Gasteiger partial charge in [-0.25, -0.2) is 14.4 Å². The number of amides is 1. The first kappa shape index (κ1) is 17.8. The van der Waals surface area contributed by atoms with Gasteiger partial charge in [-0.3, -0.25) is 14.7 Å². The number of aromatic nitrogens is 3. The van der Waals surface area contributed by atoms with Crippen molar-refractivity contribution in [2.75, 3.05) is 4.90 Å². The van der Waals surface area contributed by atoms with Gasteiger partial charge in [-0.1, -0.05) is 23.5 Å². The summed E-state index contributed by atoms with van der Waals surface area (Å²) >= 11 is 2.76. The van der Waals surface area contributed by atoms with Crippen molar-refractivity contribution in [2.24, 2.45) is 0 Å². The number of fused-ring (bicyclic) bond motifs is 2. The molecule has 1 amide bonds. The van der Waals surface area contributed by atoms with E-state index in [1.807, 2.05) is 30.3 Å². The maximum atomic E-state index is 14.2. The normalized spacial score (nSPS) is 11.2. The van der Waals surface area contributed by atoms with Gasteiger partial charge in [0.1, 0.15) is 11.3 Å². The molecular weight excluding hydrogens is 407 g/mol. The molecule has 0 unspecified atom stereocenters. The van der Waals surface area contributed by atoms with Crippen LogP contribution in [0.4, 0.5) is 9.52 Å². The highest BCUT2D eigenvalue weighted by Crippen LogP contribution is 2.32. The van der Waals surface area contributed by atoms with Gasteiger partial charge in [-0.05, 0) is 42.5 Å². The molecule has 0 N–H and O–H groups in total. The van der Waals surface area contributed by atoms with Crippen molar-refractivity contribution >= 4 is 54.1 Å². The molecule has 8 heteroatoms. The zero-order chi connectivity index (χ0) is 19.8. The molecule has 0 spiro atoms. The monoisotopic (exact) mass is 420 g/mol. The summed E-state index contributed by atoms with van der Waals surface area (Å²) in [4.78, 5) is 28.0. The first-order valence-corrected chi connectivity index (χ1v) is 10.5. The predicted octanol–water partition coefficient (Wildman–Crippen LogP) is 5.29. The molecule has 0 saturated carbocycles. The lowest BCUT2D eigenvalue weighted by atomic mass is 10.2. The fourth-order valence-corrected chi connectivity index (χ4v) is 4.74. The van der Waals surface area contributed by atoms with Crippen LogP contribution >= 0.6 is 22.7 Å². The molecule has 2 aromatic carbocycles. The number of para-hydroxylation sites is 1. The first-order chi connectivity index (χ1) is 14.2. The molecule has 0 bridgehead atoms. The van der Waals surface area contributed by atoms with E-state index in [-0.39, 0.29) is 18.0 Å². The standard InChI is InChI=1S/C21H13FN4OS2/c22-15-5-3-6-17-19(15)25-21(29-17)26(11-14-4-1-2-9-23-14)20(27)13-7-8-16-18(10-13)28-12-24-16/h1-10,12H,11H2. The van der Waals surface area contributed by atoms with Crippen LogP contribution in [0.3, 0.4) is 0 Å². The molecule has 29 heavy (non-hydrogen) atoms. The van der Waals surface area contributed by atoms with E-state index >= 15 is 0 Å². The minimum atomic E-state index is -0.402. The average molecular weight is 420 g/mol. The van der Waals surface area contributed by atoms with E-state index < -0.39 is 5.82 Å². The zero-order valence-electron chi connectivity index (χ0n) is 14.9. The summed E-state index contributed by atoms with van der Waals surface area (Å²) in [6, 6.07) is 15.8. The highest BCUT2D eigenvalue weighted by molar-refractivity contribution is 7.22. The number of rotatable bonds is 4. The Hall–Kier alpha value is -3.23. The third-order valence-electron chi connectivity index (χ3n) is 4.46. The fraction of sp³-hybridized carbons (Fsp3) is 0.0476. The molecule has 3 aromatic heterocycles. The summed E-state index contributed by atoms with van der Waals surface area (Å²) in [5.41, 5.74) is 4.12. The molecule has 0 fully saturated rings. The summed E-state index contributed by atoms with van der Waals surface area (Å²) in [5.74, 6) is -0.619. The van der Waals surface area contributed by atoms with Crippen molar-refractivity contribution in [2.45, 2.75) is 6.54 Å². The number of thiazole rings is 2. The third-order valence-corrected chi connectivity index (χ3v) is 6.29. The van der Waals surface area contributed by atoms with Crippen molar-refractivity contribution in [3.63, 3.8) is 0 Å². The van der Waals surface area contributed by atoms with Crippen molar-refractivity contribution < 1.29 is 9.18 Å². The van der Waals surface area contributed by atoms with Gasteiger partial charge in [0.15, 0.2) is 5.13 Å². The first-order valence-electron chi connectivity index (χ1n) is 8.79. The Morgan fingerprint density at radius 3 is 2.79 bits per heavy atom. The van der Waals surface area contributed by atoms with Crippen LogP contribution in [-0.4, -0.2) is 20.9 Å². The van der Waals surface area contributed by atoms with Crippen molar-refractivity contribution in [3.05, 3.63) is 83.4 Å². The average Bonchev–Trinajstić information content (AvgIpc) is 3.39. The number of hydrogen-bond acceptors (Lipinski definition) is 6. The van der Waals surface area contributed by atoms with Crippen LogP contribution in [-0.2, 0) is 6.54 Å². The van der Waals surface area contributed by atoms with Gasteiger partial charge in [0.2, 0.25) is 0 Å². The Balaban J connectivity index is 1.60. The fourth-order valence-electron chi connectivity index (χ4n) is 3.04. The molecule has 0 radical (unpaired) electrons. The number of benzene rings is 2. The zero-order valence-corrected chi connectivity index (χ0v) is 16.6. The molecule has 0 saturated heterocycles. The second kappa shape index (κ2) is 7.31. The summed E-state index contributed by atoms with van der Waals surface area (Å²) < 4.78 is 15.8. The van der Waals surface area contributed by atoms with Gasteiger partial charge in [-0.15, -0.1) is 11.3 Å². The third kappa shape index (κ3) is 3.37. The van der Waals surface area contributed by atoms with Crippen LogP contribution in [0.15, 0.2) is 66.3 Å². The Morgan fingerprint density at radius 2 is 1.97 bits per heavy atom.